The first-order chi connectivity index (χ1) is 7.16. The molecule has 0 bridgehead atoms. The van der Waals surface area contributed by atoms with Gasteiger partial charge in [-0.05, 0) is 24.1 Å². The van der Waals surface area contributed by atoms with E-state index in [1.165, 1.54) is 0 Å². The minimum Gasteiger partial charge on any atom is -0.368 e. The van der Waals surface area contributed by atoms with E-state index < -0.39 is 0 Å². The van der Waals surface area contributed by atoms with Crippen molar-refractivity contribution >= 4 is 17.5 Å². The third-order valence-corrected chi connectivity index (χ3v) is 2.69. The van der Waals surface area contributed by atoms with Crippen LogP contribution in [0.15, 0.2) is 12.3 Å². The summed E-state index contributed by atoms with van der Waals surface area (Å²) >= 11 is 5.66. The van der Waals surface area contributed by atoms with Crippen molar-refractivity contribution in [3.63, 3.8) is 0 Å². The standard InChI is InChI=1S/C9H11ClN4O/c10-9-12-3-1-6(13-9)5-14-4-2-7(14)8(11)15/h1,3,7H,2,4-5H2,(H2,11,15). The molecule has 2 N–H and O–H groups in total. The topological polar surface area (TPSA) is 72.1 Å². The normalized spacial score (nSPS) is 21.0. The lowest BCUT2D eigenvalue weighted by atomic mass is 10.0. The molecule has 15 heavy (non-hydrogen) atoms. The first-order valence-electron chi connectivity index (χ1n) is 4.67. The molecule has 1 aliphatic rings. The number of carbonyl (C=O) groups is 1. The van der Waals surface area contributed by atoms with Gasteiger partial charge in [0.2, 0.25) is 11.2 Å². The zero-order valence-corrected chi connectivity index (χ0v) is 8.81. The fraction of sp³-hybridized carbons (Fsp3) is 0.444. The number of primary amides is 1. The largest absolute Gasteiger partial charge is 0.368 e. The molecule has 1 fully saturated rings. The van der Waals surface area contributed by atoms with Crippen molar-refractivity contribution in [3.05, 3.63) is 23.2 Å². The number of rotatable bonds is 3. The number of aromatic nitrogens is 2. The first-order valence-corrected chi connectivity index (χ1v) is 5.05. The zero-order chi connectivity index (χ0) is 10.8. The molecule has 2 heterocycles. The van der Waals surface area contributed by atoms with Gasteiger partial charge in [0, 0.05) is 19.3 Å². The SMILES string of the molecule is NC(=O)C1CCN1Cc1ccnc(Cl)n1. The van der Waals surface area contributed by atoms with Gasteiger partial charge in [0.15, 0.2) is 0 Å². The maximum atomic E-state index is 11.0. The zero-order valence-electron chi connectivity index (χ0n) is 8.06. The molecule has 1 aliphatic heterocycles. The van der Waals surface area contributed by atoms with E-state index in [4.69, 9.17) is 17.3 Å². The predicted molar refractivity (Wildman–Crippen MR) is 55.1 cm³/mol. The Bertz CT molecular complexity index is 384. The lowest BCUT2D eigenvalue weighted by molar-refractivity contribution is -0.127. The molecule has 2 rings (SSSR count). The summed E-state index contributed by atoms with van der Waals surface area (Å²) in [6.07, 6.45) is 2.43. The van der Waals surface area contributed by atoms with Crippen LogP contribution in [0.3, 0.4) is 0 Å². The summed E-state index contributed by atoms with van der Waals surface area (Å²) in [6.45, 7) is 1.46. The van der Waals surface area contributed by atoms with Crippen LogP contribution in [-0.2, 0) is 11.3 Å². The van der Waals surface area contributed by atoms with E-state index in [1.807, 2.05) is 4.90 Å². The van der Waals surface area contributed by atoms with Crippen molar-refractivity contribution in [2.45, 2.75) is 19.0 Å². The number of halogens is 1. The Kier molecular flexibility index (Phi) is 2.83. The maximum Gasteiger partial charge on any atom is 0.234 e. The van der Waals surface area contributed by atoms with Crippen LogP contribution < -0.4 is 5.73 Å². The van der Waals surface area contributed by atoms with Gasteiger partial charge in [0.25, 0.3) is 0 Å². The summed E-state index contributed by atoms with van der Waals surface area (Å²) in [5.74, 6) is -0.276. The van der Waals surface area contributed by atoms with Crippen molar-refractivity contribution < 1.29 is 4.79 Å². The summed E-state index contributed by atoms with van der Waals surface area (Å²) in [7, 11) is 0. The highest BCUT2D eigenvalue weighted by Gasteiger charge is 2.32. The average Bonchev–Trinajstić information content (AvgIpc) is 2.11. The van der Waals surface area contributed by atoms with Gasteiger partial charge in [0.05, 0.1) is 11.7 Å². The van der Waals surface area contributed by atoms with Gasteiger partial charge in [-0.25, -0.2) is 9.97 Å². The van der Waals surface area contributed by atoms with Crippen molar-refractivity contribution in [2.24, 2.45) is 5.73 Å². The molecule has 5 nitrogen and oxygen atoms in total. The van der Waals surface area contributed by atoms with Gasteiger partial charge in [-0.15, -0.1) is 0 Å². The Morgan fingerprint density at radius 1 is 1.73 bits per heavy atom. The van der Waals surface area contributed by atoms with Gasteiger partial charge in [0.1, 0.15) is 0 Å². The molecule has 1 saturated heterocycles. The molecule has 0 saturated carbocycles. The monoisotopic (exact) mass is 226 g/mol. The molecule has 0 aromatic carbocycles. The highest BCUT2D eigenvalue weighted by molar-refractivity contribution is 6.28. The van der Waals surface area contributed by atoms with E-state index >= 15 is 0 Å². The number of nitrogens with two attached hydrogens (primary N) is 1. The van der Waals surface area contributed by atoms with Gasteiger partial charge >= 0.3 is 0 Å². The van der Waals surface area contributed by atoms with Crippen LogP contribution in [0.1, 0.15) is 12.1 Å². The number of nitrogens with zero attached hydrogens (tertiary/aromatic N) is 3. The first kappa shape index (κ1) is 10.3. The van der Waals surface area contributed by atoms with Gasteiger partial charge in [-0.3, -0.25) is 9.69 Å². The maximum absolute atomic E-state index is 11.0. The summed E-state index contributed by atoms with van der Waals surface area (Å²) < 4.78 is 0. The number of hydrogen-bond donors (Lipinski definition) is 1. The van der Waals surface area contributed by atoms with Crippen LogP contribution in [0.4, 0.5) is 0 Å². The van der Waals surface area contributed by atoms with Crippen LogP contribution in [0.25, 0.3) is 0 Å². The minimum atomic E-state index is -0.276. The summed E-state index contributed by atoms with van der Waals surface area (Å²) in [4.78, 5) is 20.8. The minimum absolute atomic E-state index is 0.154. The summed E-state index contributed by atoms with van der Waals surface area (Å²) in [5.41, 5.74) is 6.04. The van der Waals surface area contributed by atoms with Crippen LogP contribution in [-0.4, -0.2) is 33.4 Å². The Balaban J connectivity index is 2.00. The van der Waals surface area contributed by atoms with Gasteiger partial charge in [-0.1, -0.05) is 0 Å². The van der Waals surface area contributed by atoms with E-state index in [0.717, 1.165) is 18.7 Å². The third-order valence-electron chi connectivity index (χ3n) is 2.51. The van der Waals surface area contributed by atoms with E-state index in [0.29, 0.717) is 6.54 Å². The van der Waals surface area contributed by atoms with Crippen LogP contribution in [0.5, 0.6) is 0 Å². The lowest BCUT2D eigenvalue weighted by Gasteiger charge is -2.38. The molecular formula is C9H11ClN4O. The molecule has 80 valence electrons. The van der Waals surface area contributed by atoms with Gasteiger partial charge < -0.3 is 5.73 Å². The number of carbonyl (C=O) groups excluding carboxylic acids is 1. The summed E-state index contributed by atoms with van der Waals surface area (Å²) in [5, 5.41) is 0.226. The molecule has 1 aromatic rings. The Labute approximate surface area is 92.3 Å². The number of likely N-dealkylation sites (tertiary alicyclic amines) is 1. The Hall–Kier alpha value is -1.20. The van der Waals surface area contributed by atoms with Crippen LogP contribution in [0, 0.1) is 0 Å². The molecular weight excluding hydrogens is 216 g/mol. The number of amides is 1. The van der Waals surface area contributed by atoms with E-state index in [9.17, 15) is 4.79 Å². The molecule has 0 radical (unpaired) electrons. The van der Waals surface area contributed by atoms with E-state index in [-0.39, 0.29) is 17.2 Å². The third kappa shape index (κ3) is 2.24. The molecule has 1 aromatic heterocycles. The molecule has 6 heteroatoms. The predicted octanol–water partition coefficient (Wildman–Crippen LogP) is 0.190. The van der Waals surface area contributed by atoms with Gasteiger partial charge in [-0.2, -0.15) is 0 Å². The fourth-order valence-electron chi connectivity index (χ4n) is 1.62. The van der Waals surface area contributed by atoms with Crippen molar-refractivity contribution in [1.82, 2.24) is 14.9 Å². The second kappa shape index (κ2) is 4.12. The lowest BCUT2D eigenvalue weighted by Crippen LogP contribution is -2.54. The van der Waals surface area contributed by atoms with E-state index in [1.54, 1.807) is 12.3 Å². The highest BCUT2D eigenvalue weighted by atomic mass is 35.5. The molecule has 1 unspecified atom stereocenters. The van der Waals surface area contributed by atoms with E-state index in [2.05, 4.69) is 9.97 Å². The van der Waals surface area contributed by atoms with Crippen molar-refractivity contribution in [2.75, 3.05) is 6.54 Å². The Morgan fingerprint density at radius 2 is 2.53 bits per heavy atom. The molecule has 1 atom stereocenters. The molecule has 0 spiro atoms. The smallest absolute Gasteiger partial charge is 0.234 e. The molecule has 0 aliphatic carbocycles. The number of hydrogen-bond acceptors (Lipinski definition) is 4. The van der Waals surface area contributed by atoms with Crippen molar-refractivity contribution in [1.29, 1.82) is 0 Å². The summed E-state index contributed by atoms with van der Waals surface area (Å²) in [6, 6.07) is 1.63. The van der Waals surface area contributed by atoms with Crippen LogP contribution >= 0.6 is 11.6 Å². The van der Waals surface area contributed by atoms with Crippen LogP contribution in [0.2, 0.25) is 5.28 Å². The second-order valence-corrected chi connectivity index (χ2v) is 3.83. The fourth-order valence-corrected chi connectivity index (χ4v) is 1.78. The quantitative estimate of drug-likeness (QED) is 0.747. The highest BCUT2D eigenvalue weighted by Crippen LogP contribution is 2.19. The second-order valence-electron chi connectivity index (χ2n) is 3.49. The van der Waals surface area contributed by atoms with Crippen molar-refractivity contribution in [3.8, 4) is 0 Å². The average molecular weight is 227 g/mol. The Morgan fingerprint density at radius 3 is 3.07 bits per heavy atom. The molecule has 1 amide bonds.